The molecule has 0 spiro atoms. The topological polar surface area (TPSA) is 74.7 Å². The minimum atomic E-state index is -9.16. The van der Waals surface area contributed by atoms with E-state index in [0.29, 0.717) is 0 Å². The van der Waals surface area contributed by atoms with Gasteiger partial charge in [0.15, 0.2) is 0 Å². The van der Waals surface area contributed by atoms with Crippen molar-refractivity contribution in [1.29, 1.82) is 0 Å². The molecule has 0 atom stereocenters. The quantitative estimate of drug-likeness (QED) is 0.268. The number of sulfonamides is 1. The molecule has 0 aromatic heterocycles. The summed E-state index contributed by atoms with van der Waals surface area (Å²) in [5.74, 6) is -48.0. The lowest BCUT2D eigenvalue weighted by Gasteiger charge is -2.42. The summed E-state index contributed by atoms with van der Waals surface area (Å²) in [4.78, 5) is 10.3. The number of aliphatic carboxylic acids is 1. The Morgan fingerprint density at radius 2 is 0.838 bits per heavy atom. The third-order valence-corrected chi connectivity index (χ3v) is 5.69. The van der Waals surface area contributed by atoms with Crippen LogP contribution in [0.5, 0.6) is 0 Å². The van der Waals surface area contributed by atoms with Gasteiger partial charge in [0.1, 0.15) is 6.54 Å². The molecule has 0 amide bonds. The monoisotopic (exact) mass is 625 g/mol. The fourth-order valence-electron chi connectivity index (χ4n) is 1.85. The van der Waals surface area contributed by atoms with Gasteiger partial charge in [-0.1, -0.05) is 0 Å². The summed E-state index contributed by atoms with van der Waals surface area (Å²) in [5, 5.41) is -0.570. The second-order valence-corrected chi connectivity index (χ2v) is 8.23. The zero-order valence-corrected chi connectivity index (χ0v) is 16.6. The molecule has 26 heteroatoms. The van der Waals surface area contributed by atoms with Crippen molar-refractivity contribution in [3.8, 4) is 0 Å². The smallest absolute Gasteiger partial charge is 0.470 e. The number of carboxylic acids is 1. The first-order valence-corrected chi connectivity index (χ1v) is 9.01. The van der Waals surface area contributed by atoms with Gasteiger partial charge in [0.05, 0.1) is 0 Å². The van der Waals surface area contributed by atoms with E-state index in [1.165, 1.54) is 0 Å². The highest BCUT2D eigenvalue weighted by Crippen LogP contribution is 2.63. The minimum absolute atomic E-state index is 3.39. The van der Waals surface area contributed by atoms with Crippen molar-refractivity contribution >= 4 is 16.0 Å². The van der Waals surface area contributed by atoms with E-state index in [4.69, 9.17) is 5.11 Å². The first-order chi connectivity index (χ1) is 15.5. The van der Waals surface area contributed by atoms with E-state index >= 15 is 0 Å². The van der Waals surface area contributed by atoms with Crippen LogP contribution in [-0.4, -0.2) is 83.6 Å². The first kappa shape index (κ1) is 35.0. The Balaban J connectivity index is 7.32. The summed E-state index contributed by atoms with van der Waals surface area (Å²) in [6, 6.07) is -7.59. The van der Waals surface area contributed by atoms with E-state index in [0.717, 1.165) is 0 Å². The Morgan fingerprint density at radius 3 is 1.11 bits per heavy atom. The van der Waals surface area contributed by atoms with Gasteiger partial charge in [0.25, 0.3) is 10.0 Å². The zero-order chi connectivity index (χ0) is 30.9. The van der Waals surface area contributed by atoms with Gasteiger partial charge in [-0.05, 0) is 0 Å². The molecule has 222 valence electrons. The van der Waals surface area contributed by atoms with Crippen LogP contribution >= 0.6 is 0 Å². The van der Waals surface area contributed by atoms with Crippen LogP contribution in [0.3, 0.4) is 0 Å². The molecule has 0 aromatic rings. The second kappa shape index (κ2) is 8.75. The van der Waals surface area contributed by atoms with Crippen LogP contribution in [-0.2, 0) is 14.8 Å². The predicted octanol–water partition coefficient (Wildman–Crippen LogP) is 5.19. The van der Waals surface area contributed by atoms with Crippen LogP contribution in [0.2, 0.25) is 0 Å². The van der Waals surface area contributed by atoms with Crippen molar-refractivity contribution in [2.75, 3.05) is 6.54 Å². The molecule has 0 saturated carbocycles. The maximum Gasteiger partial charge on any atom is 0.470 e. The molecule has 0 aliphatic carbocycles. The Morgan fingerprint density at radius 1 is 0.541 bits per heavy atom. The van der Waals surface area contributed by atoms with Gasteiger partial charge < -0.3 is 5.11 Å². The Bertz CT molecular complexity index is 979. The molecule has 0 unspecified atom stereocenters. The number of carboxylic acid groups (broad SMARTS) is 1. The fourth-order valence-corrected chi connectivity index (χ4v) is 3.27. The Kier molecular flexibility index (Phi) is 8.28. The van der Waals surface area contributed by atoms with Gasteiger partial charge in [-0.25, -0.2) is 8.42 Å². The molecule has 1 N–H and O–H groups in total. The van der Waals surface area contributed by atoms with E-state index in [9.17, 15) is 101 Å². The average Bonchev–Trinajstić information content (AvgIpc) is 2.62. The van der Waals surface area contributed by atoms with E-state index in [1.807, 2.05) is 0 Å². The van der Waals surface area contributed by atoms with E-state index in [2.05, 4.69) is 0 Å². The Hall–Kier alpha value is -2.02. The predicted molar refractivity (Wildman–Crippen MR) is 70.0 cm³/mol. The molecule has 0 fully saturated rings. The number of hydrogen-bond acceptors (Lipinski definition) is 3. The average molecular weight is 625 g/mol. The van der Waals surface area contributed by atoms with E-state index in [-0.39, 0.29) is 0 Å². The SMILES string of the molecule is O=C(O)CN(C(F)(F)C(F)(F)F)S(=O)(=O)C(F)(F)C(F)(F)C(F)(F)C(F)(F)C(F)(F)C(F)(F)C(F)(F)F. The molecular formula is C11H3F20NO4S. The lowest BCUT2D eigenvalue weighted by atomic mass is 9.94. The third-order valence-electron chi connectivity index (χ3n) is 3.85. The van der Waals surface area contributed by atoms with E-state index in [1.54, 1.807) is 0 Å². The van der Waals surface area contributed by atoms with Crippen LogP contribution in [0.25, 0.3) is 0 Å². The number of hydrogen-bond donors (Lipinski definition) is 1. The molecule has 37 heavy (non-hydrogen) atoms. The lowest BCUT2D eigenvalue weighted by molar-refractivity contribution is -0.448. The highest BCUT2D eigenvalue weighted by atomic mass is 32.2. The Labute approximate surface area is 187 Å². The summed E-state index contributed by atoms with van der Waals surface area (Å²) in [6.07, 6.45) is -15.6. The molecule has 0 aliphatic heterocycles. The third kappa shape index (κ3) is 4.70. The van der Waals surface area contributed by atoms with Crippen LogP contribution in [0.1, 0.15) is 0 Å². The standard InChI is InChI=1S/C11H3F20NO4S/c12-3(13,4(14,15)6(18,19)8(22,23)24)5(16,17)7(20,21)11(30,31)37(35,36)32(1-2(33)34)10(28,29)9(25,26)27/h1H2,(H,33,34). The number of halogens is 20. The van der Waals surface area contributed by atoms with Crippen LogP contribution in [0, 0.1) is 0 Å². The minimum Gasteiger partial charge on any atom is -0.480 e. The van der Waals surface area contributed by atoms with Gasteiger partial charge >= 0.3 is 59.2 Å². The summed E-state index contributed by atoms with van der Waals surface area (Å²) in [6.45, 7) is -3.70. The van der Waals surface area contributed by atoms with Crippen LogP contribution < -0.4 is 0 Å². The van der Waals surface area contributed by atoms with Crippen molar-refractivity contribution in [3.63, 3.8) is 0 Å². The molecule has 0 bridgehead atoms. The molecule has 0 rings (SSSR count). The summed E-state index contributed by atoms with van der Waals surface area (Å²) in [7, 11) is -9.12. The second-order valence-electron chi connectivity index (χ2n) is 6.33. The molecule has 0 radical (unpaired) electrons. The van der Waals surface area contributed by atoms with Crippen molar-refractivity contribution < 1.29 is 106 Å². The molecule has 0 heterocycles. The van der Waals surface area contributed by atoms with Crippen LogP contribution in [0.15, 0.2) is 0 Å². The van der Waals surface area contributed by atoms with Crippen molar-refractivity contribution in [2.45, 2.75) is 53.3 Å². The molecule has 5 nitrogen and oxygen atoms in total. The summed E-state index contributed by atoms with van der Waals surface area (Å²) >= 11 is 0. The lowest BCUT2D eigenvalue weighted by Crippen LogP contribution is -2.74. The van der Waals surface area contributed by atoms with Crippen molar-refractivity contribution in [3.05, 3.63) is 0 Å². The molecular weight excluding hydrogens is 622 g/mol. The normalized spacial score (nSPS) is 16.4. The van der Waals surface area contributed by atoms with Gasteiger partial charge in [0, 0.05) is 0 Å². The van der Waals surface area contributed by atoms with Gasteiger partial charge in [-0.3, -0.25) is 4.79 Å². The highest BCUT2D eigenvalue weighted by Gasteiger charge is 2.95. The number of carbonyl (C=O) groups is 1. The fraction of sp³-hybridized carbons (Fsp3) is 0.909. The molecule has 0 aromatic carbocycles. The number of alkyl halides is 20. The van der Waals surface area contributed by atoms with E-state index < -0.39 is 80.1 Å². The summed E-state index contributed by atoms with van der Waals surface area (Å²) in [5.41, 5.74) is 0. The molecule has 0 saturated heterocycles. The highest BCUT2D eigenvalue weighted by molar-refractivity contribution is 7.90. The maximum atomic E-state index is 13.8. The first-order valence-electron chi connectivity index (χ1n) is 7.57. The van der Waals surface area contributed by atoms with Gasteiger partial charge in [-0.15, -0.1) is 4.31 Å². The van der Waals surface area contributed by atoms with Crippen molar-refractivity contribution in [1.82, 2.24) is 4.31 Å². The summed E-state index contributed by atoms with van der Waals surface area (Å²) < 4.78 is 279. The molecule has 0 aliphatic rings. The van der Waals surface area contributed by atoms with Crippen LogP contribution in [0.4, 0.5) is 87.8 Å². The zero-order valence-electron chi connectivity index (χ0n) is 15.8. The number of rotatable bonds is 10. The number of nitrogens with zero attached hydrogens (tertiary/aromatic N) is 1. The van der Waals surface area contributed by atoms with Crippen molar-refractivity contribution in [2.24, 2.45) is 0 Å². The van der Waals surface area contributed by atoms with Gasteiger partial charge in [-0.2, -0.15) is 87.8 Å². The maximum absolute atomic E-state index is 13.8. The largest absolute Gasteiger partial charge is 0.480 e. The van der Waals surface area contributed by atoms with Gasteiger partial charge in [0.2, 0.25) is 0 Å².